The van der Waals surface area contributed by atoms with Crippen molar-refractivity contribution in [3.63, 3.8) is 0 Å². The van der Waals surface area contributed by atoms with Crippen molar-refractivity contribution >= 4 is 17.9 Å². The number of ether oxygens (including phenoxy) is 1. The van der Waals surface area contributed by atoms with E-state index in [0.29, 0.717) is 18.7 Å². The van der Waals surface area contributed by atoms with E-state index in [-0.39, 0.29) is 0 Å². The zero-order chi connectivity index (χ0) is 25.3. The van der Waals surface area contributed by atoms with Gasteiger partial charge >= 0.3 is 12.1 Å². The van der Waals surface area contributed by atoms with E-state index in [1.807, 2.05) is 86.8 Å². The molecule has 0 aliphatic heterocycles. The fraction of sp³-hybridized carbons (Fsp3) is 0.214. The molecule has 1 amide bonds. The molecule has 2 aromatic heterocycles. The first-order valence-corrected chi connectivity index (χ1v) is 11.8. The van der Waals surface area contributed by atoms with Gasteiger partial charge in [-0.2, -0.15) is 0 Å². The van der Waals surface area contributed by atoms with Gasteiger partial charge in [0.2, 0.25) is 0 Å². The van der Waals surface area contributed by atoms with Crippen LogP contribution in [0.2, 0.25) is 0 Å². The van der Waals surface area contributed by atoms with Crippen molar-refractivity contribution in [2.75, 3.05) is 5.32 Å². The Morgan fingerprint density at radius 3 is 2.39 bits per heavy atom. The Balaban J connectivity index is 1.25. The summed E-state index contributed by atoms with van der Waals surface area (Å²) in [4.78, 5) is 28.5. The number of aryl methyl sites for hydroxylation is 1. The number of nitrogens with zero attached hydrogens (tertiary/aromatic N) is 3. The van der Waals surface area contributed by atoms with Crippen molar-refractivity contribution in [3.05, 3.63) is 95.8 Å². The molecular formula is C28H26N4O4. The van der Waals surface area contributed by atoms with Crippen LogP contribution in [-0.2, 0) is 14.9 Å². The molecule has 0 radical (unpaired) electrons. The van der Waals surface area contributed by atoms with Crippen molar-refractivity contribution in [3.8, 4) is 16.9 Å². The summed E-state index contributed by atoms with van der Waals surface area (Å²) in [5.41, 5.74) is 4.22. The number of hydrogen-bond donors (Lipinski definition) is 2. The van der Waals surface area contributed by atoms with E-state index >= 15 is 0 Å². The molecule has 2 N–H and O–H groups in total. The number of carboxylic acid groups (broad SMARTS) is 1. The Hall–Kier alpha value is -4.46. The molecule has 1 aliphatic rings. The molecule has 8 heteroatoms. The highest BCUT2D eigenvalue weighted by Crippen LogP contribution is 2.48. The average molecular weight is 483 g/mol. The molecule has 1 atom stereocenters. The fourth-order valence-electron chi connectivity index (χ4n) is 4.20. The van der Waals surface area contributed by atoms with E-state index in [4.69, 9.17) is 4.74 Å². The molecule has 0 bridgehead atoms. The Morgan fingerprint density at radius 2 is 1.78 bits per heavy atom. The molecule has 0 spiro atoms. The van der Waals surface area contributed by atoms with Crippen LogP contribution in [0.25, 0.3) is 16.9 Å². The smallest absolute Gasteiger partial charge is 0.413 e. The quantitative estimate of drug-likeness (QED) is 0.352. The number of carboxylic acids is 1. The van der Waals surface area contributed by atoms with Gasteiger partial charge < -0.3 is 9.84 Å². The monoisotopic (exact) mass is 482 g/mol. The van der Waals surface area contributed by atoms with Gasteiger partial charge in [0.1, 0.15) is 6.10 Å². The van der Waals surface area contributed by atoms with Crippen LogP contribution in [0.15, 0.2) is 79.1 Å². The molecule has 5 rings (SSSR count). The summed E-state index contributed by atoms with van der Waals surface area (Å²) in [5, 5.41) is 16.7. The normalized spacial score (nSPS) is 14.6. The third kappa shape index (κ3) is 4.57. The number of rotatable bonds is 7. The lowest BCUT2D eigenvalue weighted by Gasteiger charge is -2.13. The van der Waals surface area contributed by atoms with Crippen LogP contribution >= 0.6 is 0 Å². The number of aliphatic carboxylic acids is 1. The highest BCUT2D eigenvalue weighted by Gasteiger charge is 2.51. The first-order chi connectivity index (χ1) is 17.4. The number of anilines is 1. The predicted molar refractivity (Wildman–Crippen MR) is 135 cm³/mol. The minimum absolute atomic E-state index is 0.390. The number of hydrogen-bond acceptors (Lipinski definition) is 5. The van der Waals surface area contributed by atoms with E-state index < -0.39 is 23.6 Å². The molecular weight excluding hydrogens is 456 g/mol. The molecule has 1 fully saturated rings. The first-order valence-electron chi connectivity index (χ1n) is 11.8. The summed E-state index contributed by atoms with van der Waals surface area (Å²) >= 11 is 0. The van der Waals surface area contributed by atoms with Crippen LogP contribution < -0.4 is 5.32 Å². The maximum absolute atomic E-state index is 12.4. The minimum Gasteiger partial charge on any atom is -0.481 e. The van der Waals surface area contributed by atoms with Crippen molar-refractivity contribution in [2.24, 2.45) is 0 Å². The summed E-state index contributed by atoms with van der Waals surface area (Å²) in [6.07, 6.45) is 3.90. The van der Waals surface area contributed by atoms with Gasteiger partial charge in [0, 0.05) is 17.3 Å². The molecule has 1 unspecified atom stereocenters. The molecule has 36 heavy (non-hydrogen) atoms. The molecule has 1 aliphatic carbocycles. The van der Waals surface area contributed by atoms with Crippen LogP contribution in [0.1, 0.15) is 42.6 Å². The molecule has 1 saturated carbocycles. The number of amides is 1. The SMILES string of the molecule is Cc1cn(-c2ccc(-c3ccc(C4(C(=O)O)CC4)cc3)nc2)nc1NC(=O)OC(C)c1ccccc1. The Bertz CT molecular complexity index is 1390. The molecule has 2 aromatic carbocycles. The largest absolute Gasteiger partial charge is 0.481 e. The summed E-state index contributed by atoms with van der Waals surface area (Å²) < 4.78 is 7.13. The lowest BCUT2D eigenvalue weighted by atomic mass is 9.95. The van der Waals surface area contributed by atoms with Crippen LogP contribution in [0.3, 0.4) is 0 Å². The number of carbonyl (C=O) groups is 2. The topological polar surface area (TPSA) is 106 Å². The Labute approximate surface area is 208 Å². The third-order valence-electron chi connectivity index (χ3n) is 6.58. The van der Waals surface area contributed by atoms with Gasteiger partial charge in [-0.05, 0) is 49.9 Å². The molecule has 182 valence electrons. The second kappa shape index (κ2) is 9.30. The van der Waals surface area contributed by atoms with Crippen LogP contribution in [0.5, 0.6) is 0 Å². The lowest BCUT2D eigenvalue weighted by molar-refractivity contribution is -0.140. The van der Waals surface area contributed by atoms with Gasteiger partial charge in [-0.1, -0.05) is 54.6 Å². The van der Waals surface area contributed by atoms with E-state index in [2.05, 4.69) is 15.4 Å². The first kappa shape index (κ1) is 23.3. The van der Waals surface area contributed by atoms with Crippen molar-refractivity contribution in [2.45, 2.75) is 38.2 Å². The van der Waals surface area contributed by atoms with Crippen molar-refractivity contribution in [1.29, 1.82) is 0 Å². The fourth-order valence-corrected chi connectivity index (χ4v) is 4.20. The summed E-state index contributed by atoms with van der Waals surface area (Å²) in [5.74, 6) is -0.354. The van der Waals surface area contributed by atoms with Gasteiger partial charge in [-0.15, -0.1) is 5.10 Å². The zero-order valence-corrected chi connectivity index (χ0v) is 20.0. The molecule has 4 aromatic rings. The van der Waals surface area contributed by atoms with Gasteiger partial charge in [-0.3, -0.25) is 15.1 Å². The number of pyridine rings is 1. The molecule has 8 nitrogen and oxygen atoms in total. The third-order valence-corrected chi connectivity index (χ3v) is 6.58. The number of benzene rings is 2. The number of carbonyl (C=O) groups excluding carboxylic acids is 1. The van der Waals surface area contributed by atoms with Crippen LogP contribution in [-0.4, -0.2) is 31.9 Å². The van der Waals surface area contributed by atoms with E-state index in [1.165, 1.54) is 0 Å². The standard InChI is InChI=1S/C28H26N4O4/c1-18-17-32(31-25(18)30-27(35)36-19(2)20-6-4-3-5-7-20)23-12-13-24(29-16-23)21-8-10-22(11-9-21)28(14-15-28)26(33)34/h3-13,16-17,19H,14-15H2,1-2H3,(H,33,34)(H,30,31,35). The van der Waals surface area contributed by atoms with Gasteiger partial charge in [0.15, 0.2) is 5.82 Å². The summed E-state index contributed by atoms with van der Waals surface area (Å²) in [7, 11) is 0. The highest BCUT2D eigenvalue weighted by molar-refractivity contribution is 5.85. The molecule has 0 saturated heterocycles. The van der Waals surface area contributed by atoms with Crippen LogP contribution in [0, 0.1) is 6.92 Å². The summed E-state index contributed by atoms with van der Waals surface area (Å²) in [6, 6.07) is 20.9. The highest BCUT2D eigenvalue weighted by atomic mass is 16.6. The Morgan fingerprint density at radius 1 is 1.06 bits per heavy atom. The maximum Gasteiger partial charge on any atom is 0.413 e. The maximum atomic E-state index is 12.4. The zero-order valence-electron chi connectivity index (χ0n) is 20.0. The Kier molecular flexibility index (Phi) is 6.01. The van der Waals surface area contributed by atoms with Crippen molar-refractivity contribution < 1.29 is 19.4 Å². The van der Waals surface area contributed by atoms with E-state index in [0.717, 1.165) is 33.6 Å². The minimum atomic E-state index is -0.764. The van der Waals surface area contributed by atoms with E-state index in [9.17, 15) is 14.7 Å². The number of aromatic nitrogens is 3. The van der Waals surface area contributed by atoms with Crippen LogP contribution in [0.4, 0.5) is 10.6 Å². The lowest BCUT2D eigenvalue weighted by Crippen LogP contribution is -2.19. The number of nitrogens with one attached hydrogen (secondary N) is 1. The van der Waals surface area contributed by atoms with Gasteiger partial charge in [0.25, 0.3) is 0 Å². The second-order valence-electron chi connectivity index (χ2n) is 9.05. The summed E-state index contributed by atoms with van der Waals surface area (Å²) in [6.45, 7) is 3.67. The average Bonchev–Trinajstić information content (AvgIpc) is 3.64. The second-order valence-corrected chi connectivity index (χ2v) is 9.05. The van der Waals surface area contributed by atoms with Gasteiger partial charge in [-0.25, -0.2) is 9.48 Å². The van der Waals surface area contributed by atoms with Crippen molar-refractivity contribution in [1.82, 2.24) is 14.8 Å². The molecule has 2 heterocycles. The predicted octanol–water partition coefficient (Wildman–Crippen LogP) is 5.67. The van der Waals surface area contributed by atoms with E-state index in [1.54, 1.807) is 10.9 Å². The van der Waals surface area contributed by atoms with Gasteiger partial charge in [0.05, 0.1) is 23.0 Å².